The first kappa shape index (κ1) is 12.0. The van der Waals surface area contributed by atoms with Gasteiger partial charge in [-0.15, -0.1) is 0 Å². The van der Waals surface area contributed by atoms with E-state index in [0.29, 0.717) is 11.9 Å². The fourth-order valence-electron chi connectivity index (χ4n) is 3.00. The molecule has 0 radical (unpaired) electrons. The Morgan fingerprint density at radius 1 is 1.39 bits per heavy atom. The number of rotatable bonds is 1. The molecular weight excluding hydrogens is 230 g/mol. The molecule has 100 valence electrons. The molecule has 1 atom stereocenters. The summed E-state index contributed by atoms with van der Waals surface area (Å²) in [5, 5.41) is 4.42. The van der Waals surface area contributed by atoms with E-state index >= 15 is 0 Å². The van der Waals surface area contributed by atoms with Crippen molar-refractivity contribution in [3.05, 3.63) is 11.8 Å². The van der Waals surface area contributed by atoms with Gasteiger partial charge in [0.05, 0.1) is 11.6 Å². The molecule has 2 fully saturated rings. The first-order chi connectivity index (χ1) is 8.69. The van der Waals surface area contributed by atoms with Gasteiger partial charge < -0.3 is 15.2 Å². The quantitative estimate of drug-likeness (QED) is 0.824. The fraction of sp³-hybridized carbons (Fsp3) is 0.769. The number of hydrogen-bond donors (Lipinski definition) is 1. The molecule has 5 heteroatoms. The van der Waals surface area contributed by atoms with Gasteiger partial charge in [-0.3, -0.25) is 4.68 Å². The smallest absolute Gasteiger partial charge is 0.148 e. The summed E-state index contributed by atoms with van der Waals surface area (Å²) in [7, 11) is 0. The molecule has 2 saturated heterocycles. The normalized spacial score (nSPS) is 27.5. The Kier molecular flexibility index (Phi) is 3.03. The monoisotopic (exact) mass is 251 g/mol. The van der Waals surface area contributed by atoms with E-state index in [-0.39, 0.29) is 5.60 Å². The molecule has 0 aliphatic carbocycles. The highest BCUT2D eigenvalue weighted by molar-refractivity contribution is 5.35. The molecule has 2 aliphatic rings. The minimum Gasteiger partial charge on any atom is -0.382 e. The van der Waals surface area contributed by atoms with Crippen molar-refractivity contribution in [3.63, 3.8) is 0 Å². The first-order valence-electron chi connectivity index (χ1n) is 6.71. The van der Waals surface area contributed by atoms with Crippen molar-refractivity contribution in [2.75, 3.05) is 25.6 Å². The largest absolute Gasteiger partial charge is 0.382 e. The number of anilines is 1. The zero-order valence-electron chi connectivity index (χ0n) is 10.9. The van der Waals surface area contributed by atoms with Crippen LogP contribution in [0.5, 0.6) is 0 Å². The molecule has 3 rings (SSSR count). The highest BCUT2D eigenvalue weighted by Crippen LogP contribution is 2.39. The Hall–Kier alpha value is -1.07. The lowest BCUT2D eigenvalue weighted by atomic mass is 9.84. The Balaban J connectivity index is 1.77. The van der Waals surface area contributed by atoms with Gasteiger partial charge in [-0.2, -0.15) is 5.10 Å². The van der Waals surface area contributed by atoms with Crippen LogP contribution in [0, 0.1) is 6.92 Å². The molecule has 0 bridgehead atoms. The summed E-state index contributed by atoms with van der Waals surface area (Å²) in [4.78, 5) is 0. The molecule has 2 N–H and O–H groups in total. The Labute approximate surface area is 107 Å². The van der Waals surface area contributed by atoms with Crippen molar-refractivity contribution < 1.29 is 9.47 Å². The van der Waals surface area contributed by atoms with Gasteiger partial charge in [-0.1, -0.05) is 0 Å². The summed E-state index contributed by atoms with van der Waals surface area (Å²) >= 11 is 0. The van der Waals surface area contributed by atoms with Crippen molar-refractivity contribution in [1.82, 2.24) is 9.78 Å². The average molecular weight is 251 g/mol. The van der Waals surface area contributed by atoms with Gasteiger partial charge in [0.15, 0.2) is 0 Å². The third kappa shape index (κ3) is 2.12. The molecule has 0 amide bonds. The van der Waals surface area contributed by atoms with Crippen LogP contribution in [-0.4, -0.2) is 35.2 Å². The maximum absolute atomic E-state index is 6.04. The van der Waals surface area contributed by atoms with E-state index in [0.717, 1.165) is 51.1 Å². The van der Waals surface area contributed by atoms with E-state index in [1.807, 2.05) is 11.6 Å². The molecule has 1 aromatic rings. The number of nitrogen functional groups attached to an aromatic ring is 1. The third-order valence-electron chi connectivity index (χ3n) is 4.20. The highest BCUT2D eigenvalue weighted by atomic mass is 16.5. The van der Waals surface area contributed by atoms with E-state index in [4.69, 9.17) is 15.2 Å². The van der Waals surface area contributed by atoms with Gasteiger partial charge >= 0.3 is 0 Å². The van der Waals surface area contributed by atoms with Crippen LogP contribution in [0.25, 0.3) is 0 Å². The lowest BCUT2D eigenvalue weighted by Crippen LogP contribution is -2.44. The van der Waals surface area contributed by atoms with Gasteiger partial charge in [-0.05, 0) is 32.6 Å². The molecular formula is C13H21N3O2. The molecule has 18 heavy (non-hydrogen) atoms. The summed E-state index contributed by atoms with van der Waals surface area (Å²) in [6, 6.07) is 0.410. The minimum absolute atomic E-state index is 0.00971. The number of nitrogens with two attached hydrogens (primary N) is 1. The van der Waals surface area contributed by atoms with Crippen molar-refractivity contribution in [2.45, 2.75) is 44.2 Å². The molecule has 0 aromatic carbocycles. The Morgan fingerprint density at radius 3 is 2.83 bits per heavy atom. The number of hydrogen-bond acceptors (Lipinski definition) is 4. The number of aryl methyl sites for hydroxylation is 1. The summed E-state index contributed by atoms with van der Waals surface area (Å²) < 4.78 is 13.5. The van der Waals surface area contributed by atoms with Crippen LogP contribution in [0.15, 0.2) is 6.20 Å². The van der Waals surface area contributed by atoms with Crippen LogP contribution in [0.2, 0.25) is 0 Å². The number of aromatic nitrogens is 2. The van der Waals surface area contributed by atoms with E-state index in [2.05, 4.69) is 11.3 Å². The van der Waals surface area contributed by atoms with E-state index in [1.165, 1.54) is 0 Å². The third-order valence-corrected chi connectivity index (χ3v) is 4.20. The van der Waals surface area contributed by atoms with Crippen LogP contribution >= 0.6 is 0 Å². The number of ether oxygens (including phenoxy) is 2. The van der Waals surface area contributed by atoms with Gasteiger partial charge in [0.2, 0.25) is 0 Å². The summed E-state index contributed by atoms with van der Waals surface area (Å²) in [6.45, 7) is 4.44. The molecule has 5 nitrogen and oxygen atoms in total. The zero-order valence-corrected chi connectivity index (χ0v) is 10.9. The van der Waals surface area contributed by atoms with Crippen LogP contribution < -0.4 is 5.73 Å². The summed E-state index contributed by atoms with van der Waals surface area (Å²) in [5.41, 5.74) is 6.90. The molecule has 1 unspecified atom stereocenters. The highest BCUT2D eigenvalue weighted by Gasteiger charge is 2.39. The second kappa shape index (κ2) is 4.55. The molecule has 1 spiro atoms. The van der Waals surface area contributed by atoms with Crippen LogP contribution in [-0.2, 0) is 9.47 Å². The Bertz CT molecular complexity index is 399. The molecule has 1 aromatic heterocycles. The number of nitrogens with zero attached hydrogens (tertiary/aromatic N) is 2. The second-order valence-corrected chi connectivity index (χ2v) is 5.47. The van der Waals surface area contributed by atoms with Crippen molar-refractivity contribution in [1.29, 1.82) is 0 Å². The van der Waals surface area contributed by atoms with Crippen molar-refractivity contribution >= 4 is 5.82 Å². The zero-order chi connectivity index (χ0) is 12.6. The summed E-state index contributed by atoms with van der Waals surface area (Å²) in [6.07, 6.45) is 6.09. The lowest BCUT2D eigenvalue weighted by Gasteiger charge is -2.43. The SMILES string of the molecule is Cc1cn(C2CCOC3(CCOCC3)C2)nc1N. The first-order valence-corrected chi connectivity index (χ1v) is 6.71. The maximum atomic E-state index is 6.04. The lowest BCUT2D eigenvalue weighted by molar-refractivity contribution is -0.145. The Morgan fingerprint density at radius 2 is 2.17 bits per heavy atom. The van der Waals surface area contributed by atoms with E-state index in [1.54, 1.807) is 0 Å². The fourth-order valence-corrected chi connectivity index (χ4v) is 3.00. The standard InChI is InChI=1S/C13H21N3O2/c1-10-9-16(15-12(10)14)11-2-5-18-13(8-11)3-6-17-7-4-13/h9,11H,2-8H2,1H3,(H2,14,15). The minimum atomic E-state index is 0.00971. The molecule has 0 saturated carbocycles. The predicted molar refractivity (Wildman–Crippen MR) is 68.4 cm³/mol. The van der Waals surface area contributed by atoms with Gasteiger partial charge in [0.25, 0.3) is 0 Å². The molecule has 2 aliphatic heterocycles. The van der Waals surface area contributed by atoms with Crippen LogP contribution in [0.3, 0.4) is 0 Å². The predicted octanol–water partition coefficient (Wildman–Crippen LogP) is 1.67. The molecule has 3 heterocycles. The van der Waals surface area contributed by atoms with Crippen LogP contribution in [0.1, 0.15) is 37.3 Å². The van der Waals surface area contributed by atoms with Gasteiger partial charge in [0.1, 0.15) is 5.82 Å². The summed E-state index contributed by atoms with van der Waals surface area (Å²) in [5.74, 6) is 0.641. The van der Waals surface area contributed by atoms with Crippen LogP contribution in [0.4, 0.5) is 5.82 Å². The maximum Gasteiger partial charge on any atom is 0.148 e. The van der Waals surface area contributed by atoms with Gasteiger partial charge in [0, 0.05) is 31.6 Å². The second-order valence-electron chi connectivity index (χ2n) is 5.47. The van der Waals surface area contributed by atoms with E-state index in [9.17, 15) is 0 Å². The van der Waals surface area contributed by atoms with E-state index < -0.39 is 0 Å². The van der Waals surface area contributed by atoms with Crippen molar-refractivity contribution in [3.8, 4) is 0 Å². The average Bonchev–Trinajstić information content (AvgIpc) is 2.71. The van der Waals surface area contributed by atoms with Gasteiger partial charge in [-0.25, -0.2) is 0 Å². The topological polar surface area (TPSA) is 62.3 Å². The van der Waals surface area contributed by atoms with Crippen molar-refractivity contribution in [2.24, 2.45) is 0 Å².